The van der Waals surface area contributed by atoms with Crippen molar-refractivity contribution < 1.29 is 4.21 Å². The van der Waals surface area contributed by atoms with Crippen LogP contribution in [0.4, 0.5) is 0 Å². The highest BCUT2D eigenvalue weighted by Gasteiger charge is 2.38. The molecule has 0 rings (SSSR count). The van der Waals surface area contributed by atoms with Gasteiger partial charge >= 0.3 is 0 Å². The van der Waals surface area contributed by atoms with E-state index in [1.165, 1.54) is 4.31 Å². The summed E-state index contributed by atoms with van der Waals surface area (Å²) in [5.41, 5.74) is 0. The number of nitrogens with one attached hydrogen (secondary N) is 2. The number of hydrogen-bond acceptors (Lipinski definition) is 2. The average Bonchev–Trinajstić information content (AvgIpc) is 1.80. The van der Waals surface area contributed by atoms with Gasteiger partial charge in [0.1, 0.15) is 8.24 Å². The van der Waals surface area contributed by atoms with Crippen LogP contribution >= 0.6 is 0 Å². The van der Waals surface area contributed by atoms with Gasteiger partial charge in [-0.15, -0.1) is 0 Å². The van der Waals surface area contributed by atoms with Crippen molar-refractivity contribution in [1.82, 2.24) is 8.69 Å². The lowest BCUT2D eigenvalue weighted by Gasteiger charge is -2.38. The molecule has 0 saturated carbocycles. The third-order valence-corrected chi connectivity index (χ3v) is 10.7. The molecule has 86 valence electrons. The zero-order valence-electron chi connectivity index (χ0n) is 10.3. The van der Waals surface area contributed by atoms with Crippen molar-refractivity contribution in [3.05, 3.63) is 0 Å². The van der Waals surface area contributed by atoms with E-state index < -0.39 is 18.3 Å². The maximum Gasteiger partial charge on any atom is 0.165 e. The molecule has 0 amide bonds. The van der Waals surface area contributed by atoms with Crippen molar-refractivity contribution in [1.29, 1.82) is 4.78 Å². The first-order valence-electron chi connectivity index (χ1n) is 4.65. The van der Waals surface area contributed by atoms with E-state index in [2.05, 4.69) is 38.3 Å². The Balaban J connectivity index is 4.87. The minimum Gasteiger partial charge on any atom is -0.240 e. The topological polar surface area (TPSA) is 56.2 Å². The van der Waals surface area contributed by atoms with E-state index in [4.69, 9.17) is 4.78 Å². The average molecular weight is 237 g/mol. The Morgan fingerprint density at radius 3 is 1.86 bits per heavy atom. The van der Waals surface area contributed by atoms with Crippen LogP contribution in [-0.2, 0) is 10.1 Å². The van der Waals surface area contributed by atoms with Gasteiger partial charge in [0.05, 0.1) is 0 Å². The molecule has 1 atom stereocenters. The minimum absolute atomic E-state index is 0.0900. The lowest BCUT2D eigenvalue weighted by molar-refractivity contribution is 0.582. The summed E-state index contributed by atoms with van der Waals surface area (Å²) >= 11 is 0. The summed E-state index contributed by atoms with van der Waals surface area (Å²) in [6.45, 7) is 10.6. The standard InChI is InChI=1S/C8H23N3OSSi/c1-8(2,3)14(6,7)10-13(9,12)11(4)5/h1-7H3,(H2,9,10,12). The Hall–Kier alpha value is 0.0869. The molecule has 4 nitrogen and oxygen atoms in total. The highest BCUT2D eigenvalue weighted by molar-refractivity contribution is 7.89. The third kappa shape index (κ3) is 3.34. The van der Waals surface area contributed by atoms with Crippen molar-refractivity contribution >= 4 is 18.3 Å². The van der Waals surface area contributed by atoms with Crippen molar-refractivity contribution in [2.75, 3.05) is 14.1 Å². The fourth-order valence-corrected chi connectivity index (χ4v) is 5.31. The second-order valence-corrected chi connectivity index (χ2v) is 12.7. The van der Waals surface area contributed by atoms with E-state index in [0.717, 1.165) is 0 Å². The van der Waals surface area contributed by atoms with E-state index in [0.29, 0.717) is 0 Å². The fourth-order valence-electron chi connectivity index (χ4n) is 0.590. The van der Waals surface area contributed by atoms with Crippen LogP contribution in [0, 0.1) is 4.78 Å². The van der Waals surface area contributed by atoms with E-state index in [1.54, 1.807) is 14.1 Å². The van der Waals surface area contributed by atoms with Crippen molar-refractivity contribution in [2.24, 2.45) is 0 Å². The lowest BCUT2D eigenvalue weighted by Crippen LogP contribution is -2.56. The number of nitrogens with zero attached hydrogens (tertiary/aromatic N) is 1. The summed E-state index contributed by atoms with van der Waals surface area (Å²) in [5, 5.41) is 0.0900. The molecule has 0 fully saturated rings. The van der Waals surface area contributed by atoms with E-state index in [9.17, 15) is 4.21 Å². The largest absolute Gasteiger partial charge is 0.240 e. The monoisotopic (exact) mass is 237 g/mol. The normalized spacial score (nSPS) is 18.3. The van der Waals surface area contributed by atoms with Crippen LogP contribution in [-0.4, -0.2) is 30.8 Å². The Morgan fingerprint density at radius 1 is 1.29 bits per heavy atom. The third-order valence-electron chi connectivity index (χ3n) is 2.78. The molecule has 6 heteroatoms. The molecule has 2 N–H and O–H groups in total. The first-order valence-corrected chi connectivity index (χ1v) is 9.17. The molecule has 14 heavy (non-hydrogen) atoms. The highest BCUT2D eigenvalue weighted by Crippen LogP contribution is 2.34. The number of rotatable bonds is 3. The fraction of sp³-hybridized carbons (Fsp3) is 1.00. The first-order chi connectivity index (χ1) is 5.90. The van der Waals surface area contributed by atoms with Gasteiger partial charge in [-0.25, -0.2) is 17.7 Å². The molecule has 0 aliphatic carbocycles. The summed E-state index contributed by atoms with van der Waals surface area (Å²) in [5.74, 6) is 0. The smallest absolute Gasteiger partial charge is 0.165 e. The second kappa shape index (κ2) is 3.92. The van der Waals surface area contributed by atoms with Gasteiger partial charge in [-0.05, 0) is 5.04 Å². The first kappa shape index (κ1) is 14.1. The summed E-state index contributed by atoms with van der Waals surface area (Å²) in [4.78, 5) is 0. The zero-order chi connectivity index (χ0) is 11.8. The molecule has 0 heterocycles. The molecule has 0 spiro atoms. The Bertz CT molecular complexity index is 290. The Morgan fingerprint density at radius 2 is 1.64 bits per heavy atom. The molecule has 0 saturated heterocycles. The Labute approximate surface area is 89.4 Å². The summed E-state index contributed by atoms with van der Waals surface area (Å²) < 4.78 is 24.0. The maximum atomic E-state index is 11.9. The molecule has 0 radical (unpaired) electrons. The second-order valence-electron chi connectivity index (χ2n) is 5.32. The molecule has 1 unspecified atom stereocenters. The van der Waals surface area contributed by atoms with Gasteiger partial charge in [0, 0.05) is 14.1 Å². The highest BCUT2D eigenvalue weighted by atomic mass is 32.2. The van der Waals surface area contributed by atoms with Gasteiger partial charge in [0.25, 0.3) is 0 Å². The lowest BCUT2D eigenvalue weighted by atomic mass is 10.2. The zero-order valence-corrected chi connectivity index (χ0v) is 12.1. The van der Waals surface area contributed by atoms with Crippen molar-refractivity contribution in [3.63, 3.8) is 0 Å². The molecule has 0 aromatic carbocycles. The van der Waals surface area contributed by atoms with Gasteiger partial charge in [-0.2, -0.15) is 0 Å². The van der Waals surface area contributed by atoms with Crippen LogP contribution in [0.25, 0.3) is 0 Å². The van der Waals surface area contributed by atoms with Crippen LogP contribution in [0.1, 0.15) is 20.8 Å². The molecule has 0 bridgehead atoms. The quantitative estimate of drug-likeness (QED) is 0.725. The van der Waals surface area contributed by atoms with Crippen LogP contribution in [0.15, 0.2) is 0 Å². The predicted octanol–water partition coefficient (Wildman–Crippen LogP) is 2.02. The van der Waals surface area contributed by atoms with Gasteiger partial charge in [-0.3, -0.25) is 0 Å². The van der Waals surface area contributed by atoms with Crippen LogP contribution in [0.3, 0.4) is 0 Å². The van der Waals surface area contributed by atoms with Gasteiger partial charge < -0.3 is 0 Å². The summed E-state index contributed by atoms with van der Waals surface area (Å²) in [7, 11) is -1.33. The Kier molecular flexibility index (Phi) is 3.94. The maximum absolute atomic E-state index is 11.9. The molecule has 0 aromatic heterocycles. The van der Waals surface area contributed by atoms with Crippen LogP contribution in [0.5, 0.6) is 0 Å². The van der Waals surface area contributed by atoms with Crippen molar-refractivity contribution in [3.8, 4) is 0 Å². The van der Waals surface area contributed by atoms with Gasteiger partial charge in [0.15, 0.2) is 10.1 Å². The SMILES string of the molecule is CN(C)S(=N)(=O)N[Si](C)(C)C(C)(C)C. The molecule has 0 aliphatic rings. The van der Waals surface area contributed by atoms with Crippen molar-refractivity contribution in [2.45, 2.75) is 38.9 Å². The van der Waals surface area contributed by atoms with E-state index in [-0.39, 0.29) is 5.04 Å². The van der Waals surface area contributed by atoms with Gasteiger partial charge in [-0.1, -0.05) is 33.9 Å². The molecular weight excluding hydrogens is 214 g/mol. The number of hydrogen-bond donors (Lipinski definition) is 2. The summed E-state index contributed by atoms with van der Waals surface area (Å²) in [6.07, 6.45) is 0. The molecule has 0 aromatic rings. The molecule has 0 aliphatic heterocycles. The van der Waals surface area contributed by atoms with Crippen LogP contribution in [0.2, 0.25) is 18.1 Å². The van der Waals surface area contributed by atoms with E-state index in [1.807, 2.05) is 0 Å². The summed E-state index contributed by atoms with van der Waals surface area (Å²) in [6, 6.07) is 0. The van der Waals surface area contributed by atoms with Gasteiger partial charge in [0.2, 0.25) is 0 Å². The minimum atomic E-state index is -2.79. The molecular formula is C8H23N3OSSi. The predicted molar refractivity (Wildman–Crippen MR) is 64.9 cm³/mol. The van der Waals surface area contributed by atoms with E-state index >= 15 is 0 Å². The van der Waals surface area contributed by atoms with Crippen LogP contribution < -0.4 is 4.39 Å².